The van der Waals surface area contributed by atoms with Gasteiger partial charge in [-0.05, 0) is 42.9 Å². The monoisotopic (exact) mass is 606 g/mol. The summed E-state index contributed by atoms with van der Waals surface area (Å²) < 4.78 is 0. The van der Waals surface area contributed by atoms with Crippen LogP contribution in [0.4, 0.5) is 0 Å². The quantitative estimate of drug-likeness (QED) is 0.0556. The molecular formula is C26H38N8O7S. The van der Waals surface area contributed by atoms with E-state index < -0.39 is 60.2 Å². The number of thioether (sulfide) groups is 1. The Morgan fingerprint density at radius 2 is 1.60 bits per heavy atom. The van der Waals surface area contributed by atoms with Gasteiger partial charge in [0.05, 0.1) is 12.5 Å². The molecule has 0 aliphatic heterocycles. The zero-order valence-corrected chi connectivity index (χ0v) is 24.0. The summed E-state index contributed by atoms with van der Waals surface area (Å²) in [7, 11) is 0. The number of para-hydroxylation sites is 1. The number of aromatic amines is 1. The van der Waals surface area contributed by atoms with Crippen LogP contribution < -0.4 is 33.2 Å². The Bertz CT molecular complexity index is 1280. The second-order valence-corrected chi connectivity index (χ2v) is 10.5. The first-order valence-electron chi connectivity index (χ1n) is 13.1. The van der Waals surface area contributed by atoms with Crippen LogP contribution in [0.25, 0.3) is 10.9 Å². The molecule has 1 aromatic carbocycles. The van der Waals surface area contributed by atoms with Gasteiger partial charge in [0.25, 0.3) is 0 Å². The number of hydrogen-bond donors (Lipinski definition) is 9. The van der Waals surface area contributed by atoms with Gasteiger partial charge in [0.15, 0.2) is 5.96 Å². The van der Waals surface area contributed by atoms with E-state index in [0.29, 0.717) is 17.7 Å². The van der Waals surface area contributed by atoms with Crippen LogP contribution in [0.2, 0.25) is 0 Å². The number of nitrogens with one attached hydrogen (secondary N) is 4. The maximum absolute atomic E-state index is 13.1. The number of benzene rings is 1. The van der Waals surface area contributed by atoms with Gasteiger partial charge in [-0.2, -0.15) is 11.8 Å². The number of H-pyrrole nitrogens is 1. The molecule has 16 heteroatoms. The predicted molar refractivity (Wildman–Crippen MR) is 159 cm³/mol. The number of carbonyl (C=O) groups is 5. The van der Waals surface area contributed by atoms with Crippen LogP contribution >= 0.6 is 11.8 Å². The number of carboxylic acid groups (broad SMARTS) is 2. The Morgan fingerprint density at radius 3 is 2.24 bits per heavy atom. The van der Waals surface area contributed by atoms with Crippen molar-refractivity contribution in [3.8, 4) is 0 Å². The van der Waals surface area contributed by atoms with Gasteiger partial charge >= 0.3 is 11.9 Å². The molecule has 0 saturated heterocycles. The molecule has 3 amide bonds. The first-order chi connectivity index (χ1) is 19.9. The second kappa shape index (κ2) is 16.8. The normalized spacial score (nSPS) is 13.8. The van der Waals surface area contributed by atoms with Gasteiger partial charge in [0.1, 0.15) is 18.1 Å². The lowest BCUT2D eigenvalue weighted by molar-refractivity contribution is -0.143. The van der Waals surface area contributed by atoms with Crippen molar-refractivity contribution >= 4 is 58.3 Å². The van der Waals surface area contributed by atoms with E-state index in [2.05, 4.69) is 25.9 Å². The standard InChI is InChI=1S/C26H38N8O7S/c1-42-10-8-18(32-22(37)16(27)6-4-9-30-26(28)29)23(38)33-19(12-21(35)36)24(39)34-20(25(40)41)11-14-13-31-17-7-3-2-5-15(14)17/h2-3,5,7,13,16,18-20,31H,4,6,8-12,27H2,1H3,(H,32,37)(H,33,38)(H,34,39)(H,35,36)(H,40,41)(H4,28,29,30). The fourth-order valence-corrected chi connectivity index (χ4v) is 4.55. The number of hydrogen-bond acceptors (Lipinski definition) is 8. The summed E-state index contributed by atoms with van der Waals surface area (Å²) in [6.07, 6.45) is 3.34. The molecule has 1 heterocycles. The molecule has 42 heavy (non-hydrogen) atoms. The van der Waals surface area contributed by atoms with Gasteiger partial charge in [0, 0.05) is 30.1 Å². The van der Waals surface area contributed by atoms with Gasteiger partial charge in [-0.25, -0.2) is 4.79 Å². The van der Waals surface area contributed by atoms with E-state index in [1.807, 2.05) is 12.1 Å². The fourth-order valence-electron chi connectivity index (χ4n) is 4.08. The molecule has 2 rings (SSSR count). The molecule has 0 aliphatic rings. The third kappa shape index (κ3) is 10.9. The Kier molecular flexibility index (Phi) is 13.6. The van der Waals surface area contributed by atoms with Crippen LogP contribution in [0.5, 0.6) is 0 Å². The third-order valence-corrected chi connectivity index (χ3v) is 6.92. The highest BCUT2D eigenvalue weighted by molar-refractivity contribution is 7.98. The van der Waals surface area contributed by atoms with Crippen molar-refractivity contribution in [3.63, 3.8) is 0 Å². The van der Waals surface area contributed by atoms with Crippen LogP contribution in [0.15, 0.2) is 35.5 Å². The molecule has 0 fully saturated rings. The van der Waals surface area contributed by atoms with Gasteiger partial charge in [-0.3, -0.25) is 24.2 Å². The van der Waals surface area contributed by atoms with Gasteiger partial charge in [0.2, 0.25) is 17.7 Å². The Labute approximate surface area is 246 Å². The number of nitrogens with zero attached hydrogens (tertiary/aromatic N) is 1. The number of aromatic nitrogens is 1. The number of nitrogens with two attached hydrogens (primary N) is 3. The summed E-state index contributed by atoms with van der Waals surface area (Å²) in [6, 6.07) is 2.11. The molecule has 15 nitrogen and oxygen atoms in total. The van der Waals surface area contributed by atoms with E-state index in [4.69, 9.17) is 17.2 Å². The van der Waals surface area contributed by atoms with E-state index >= 15 is 0 Å². The summed E-state index contributed by atoms with van der Waals surface area (Å²) in [6.45, 7) is 0.267. The highest BCUT2D eigenvalue weighted by Crippen LogP contribution is 2.19. The first-order valence-corrected chi connectivity index (χ1v) is 14.5. The maximum atomic E-state index is 13.1. The van der Waals surface area contributed by atoms with Crippen molar-refractivity contribution in [2.45, 2.75) is 56.3 Å². The molecule has 0 saturated carbocycles. The molecule has 1 aromatic heterocycles. The molecule has 2 aromatic rings. The van der Waals surface area contributed by atoms with Crippen molar-refractivity contribution in [2.75, 3.05) is 18.6 Å². The summed E-state index contributed by atoms with van der Waals surface area (Å²) in [4.78, 5) is 69.3. The lowest BCUT2D eigenvalue weighted by Crippen LogP contribution is -2.57. The van der Waals surface area contributed by atoms with Crippen molar-refractivity contribution in [2.24, 2.45) is 22.2 Å². The topological polar surface area (TPSA) is 268 Å². The van der Waals surface area contributed by atoms with Crippen LogP contribution in [0, 0.1) is 0 Å². The van der Waals surface area contributed by atoms with E-state index in [0.717, 1.165) is 10.9 Å². The minimum Gasteiger partial charge on any atom is -0.481 e. The minimum atomic E-state index is -1.61. The van der Waals surface area contributed by atoms with Gasteiger partial charge < -0.3 is 48.3 Å². The zero-order valence-electron chi connectivity index (χ0n) is 23.2. The second-order valence-electron chi connectivity index (χ2n) is 9.52. The van der Waals surface area contributed by atoms with Crippen molar-refractivity contribution in [1.29, 1.82) is 0 Å². The van der Waals surface area contributed by atoms with E-state index in [-0.39, 0.29) is 31.8 Å². The number of amides is 3. The largest absolute Gasteiger partial charge is 0.481 e. The molecule has 4 unspecified atom stereocenters. The number of guanidine groups is 1. The third-order valence-electron chi connectivity index (χ3n) is 6.27. The molecule has 12 N–H and O–H groups in total. The van der Waals surface area contributed by atoms with Crippen LogP contribution in [-0.2, 0) is 30.4 Å². The van der Waals surface area contributed by atoms with Crippen LogP contribution in [-0.4, -0.2) is 93.5 Å². The number of carboxylic acids is 2. The molecule has 0 spiro atoms. The SMILES string of the molecule is CSCCC(NC(=O)C(N)CCCN=C(N)N)C(=O)NC(CC(=O)O)C(=O)NC(Cc1c[nH]c2ccccc12)C(=O)O. The van der Waals surface area contributed by atoms with E-state index in [1.54, 1.807) is 24.6 Å². The summed E-state index contributed by atoms with van der Waals surface area (Å²) in [5, 5.41) is 27.2. The molecule has 0 bridgehead atoms. The van der Waals surface area contributed by atoms with Gasteiger partial charge in [-0.15, -0.1) is 0 Å². The minimum absolute atomic E-state index is 0.0885. The number of aliphatic imine (C=N–C) groups is 1. The lowest BCUT2D eigenvalue weighted by Gasteiger charge is -2.24. The highest BCUT2D eigenvalue weighted by Gasteiger charge is 2.32. The number of rotatable bonds is 18. The molecule has 4 atom stereocenters. The van der Waals surface area contributed by atoms with Gasteiger partial charge in [-0.1, -0.05) is 18.2 Å². The highest BCUT2D eigenvalue weighted by atomic mass is 32.2. The average molecular weight is 607 g/mol. The molecular weight excluding hydrogens is 568 g/mol. The summed E-state index contributed by atoms with van der Waals surface area (Å²) in [5.41, 5.74) is 17.9. The summed E-state index contributed by atoms with van der Waals surface area (Å²) in [5.74, 6) is -4.79. The van der Waals surface area contributed by atoms with E-state index in [9.17, 15) is 34.2 Å². The number of fused-ring (bicyclic) bond motifs is 1. The fraction of sp³-hybridized carbons (Fsp3) is 0.462. The molecule has 0 radical (unpaired) electrons. The molecule has 230 valence electrons. The lowest BCUT2D eigenvalue weighted by atomic mass is 10.0. The van der Waals surface area contributed by atoms with Crippen LogP contribution in [0.3, 0.4) is 0 Å². The molecule has 0 aliphatic carbocycles. The maximum Gasteiger partial charge on any atom is 0.326 e. The van der Waals surface area contributed by atoms with Crippen molar-refractivity contribution in [1.82, 2.24) is 20.9 Å². The zero-order chi connectivity index (χ0) is 31.2. The van der Waals surface area contributed by atoms with E-state index in [1.165, 1.54) is 11.8 Å². The average Bonchev–Trinajstić information content (AvgIpc) is 3.34. The Balaban J connectivity index is 2.12. The number of aliphatic carboxylic acids is 2. The first kappa shape index (κ1) is 33.9. The Hall–Kier alpha value is -4.31. The smallest absolute Gasteiger partial charge is 0.326 e. The van der Waals surface area contributed by atoms with Crippen LogP contribution in [0.1, 0.15) is 31.2 Å². The summed E-state index contributed by atoms with van der Waals surface area (Å²) >= 11 is 1.41. The van der Waals surface area contributed by atoms with Crippen molar-refractivity contribution in [3.05, 3.63) is 36.0 Å². The predicted octanol–water partition coefficient (Wildman–Crippen LogP) is -1.14. The van der Waals surface area contributed by atoms with Crippen molar-refractivity contribution < 1.29 is 34.2 Å². The number of carbonyl (C=O) groups excluding carboxylic acids is 3. The Morgan fingerprint density at radius 1 is 0.952 bits per heavy atom.